The summed E-state index contributed by atoms with van der Waals surface area (Å²) in [6.45, 7) is 0.167. The van der Waals surface area contributed by atoms with Crippen LogP contribution in [-0.4, -0.2) is 31.4 Å². The van der Waals surface area contributed by atoms with Gasteiger partial charge in [0.15, 0.2) is 5.01 Å². The van der Waals surface area contributed by atoms with Gasteiger partial charge in [-0.15, -0.1) is 11.8 Å². The van der Waals surface area contributed by atoms with E-state index in [1.807, 2.05) is 6.07 Å². The second-order valence-corrected chi connectivity index (χ2v) is 7.31. The fraction of sp³-hybridized carbons (Fsp3) is 0.200. The van der Waals surface area contributed by atoms with Crippen molar-refractivity contribution in [1.82, 2.24) is 14.6 Å². The Morgan fingerprint density at radius 1 is 1.40 bits per heavy atom. The maximum absolute atomic E-state index is 12.1. The summed E-state index contributed by atoms with van der Waals surface area (Å²) in [5, 5.41) is 13.9. The number of nitrogens with zero attached hydrogens (tertiary/aromatic N) is 3. The highest BCUT2D eigenvalue weighted by Gasteiger charge is 2.11. The predicted molar refractivity (Wildman–Crippen MR) is 96.7 cm³/mol. The Bertz CT molecular complexity index is 973. The molecule has 2 aromatic heterocycles. The molecule has 0 amide bonds. The normalized spacial score (nSPS) is 10.9. The van der Waals surface area contributed by atoms with E-state index in [1.54, 1.807) is 18.2 Å². The summed E-state index contributed by atoms with van der Waals surface area (Å²) in [6, 6.07) is 8.45. The average molecular weight is 398 g/mol. The zero-order chi connectivity index (χ0) is 17.8. The van der Waals surface area contributed by atoms with Crippen LogP contribution in [0.5, 0.6) is 5.75 Å². The fourth-order valence-corrected chi connectivity index (χ4v) is 3.63. The number of benzene rings is 1. The Morgan fingerprint density at radius 3 is 2.96 bits per heavy atom. The predicted octanol–water partition coefficient (Wildman–Crippen LogP) is 2.70. The number of aromatic nitrogens is 3. The SMILES string of the molecule is O=C(O)CSCc1cc(=O)n2nc(COc3ccccc3Cl)sc2n1. The molecule has 25 heavy (non-hydrogen) atoms. The summed E-state index contributed by atoms with van der Waals surface area (Å²) < 4.78 is 6.83. The maximum atomic E-state index is 12.1. The minimum atomic E-state index is -0.903. The number of hydrogen-bond donors (Lipinski definition) is 1. The number of carbonyl (C=O) groups is 1. The van der Waals surface area contributed by atoms with Crippen molar-refractivity contribution in [3.05, 3.63) is 56.4 Å². The number of thioether (sulfide) groups is 1. The molecule has 0 aliphatic carbocycles. The zero-order valence-electron chi connectivity index (χ0n) is 12.7. The second kappa shape index (κ2) is 7.85. The van der Waals surface area contributed by atoms with Gasteiger partial charge in [-0.05, 0) is 12.1 Å². The molecule has 0 saturated heterocycles. The number of fused-ring (bicyclic) bond motifs is 1. The Balaban J connectivity index is 1.75. The van der Waals surface area contributed by atoms with Gasteiger partial charge >= 0.3 is 5.97 Å². The van der Waals surface area contributed by atoms with E-state index in [9.17, 15) is 9.59 Å². The molecule has 0 aliphatic heterocycles. The maximum Gasteiger partial charge on any atom is 0.313 e. The van der Waals surface area contributed by atoms with Gasteiger partial charge < -0.3 is 9.84 Å². The first kappa shape index (κ1) is 17.7. The van der Waals surface area contributed by atoms with Crippen molar-refractivity contribution < 1.29 is 14.6 Å². The van der Waals surface area contributed by atoms with Crippen LogP contribution in [0.15, 0.2) is 35.1 Å². The first-order valence-corrected chi connectivity index (χ1v) is 9.43. The van der Waals surface area contributed by atoms with Crippen LogP contribution in [0, 0.1) is 0 Å². The van der Waals surface area contributed by atoms with Gasteiger partial charge in [0.2, 0.25) is 4.96 Å². The van der Waals surface area contributed by atoms with Crippen LogP contribution in [-0.2, 0) is 17.2 Å². The first-order chi connectivity index (χ1) is 12.0. The molecular formula is C15H12ClN3O4S2. The summed E-state index contributed by atoms with van der Waals surface area (Å²) in [6.07, 6.45) is 0. The van der Waals surface area contributed by atoms with Crippen LogP contribution < -0.4 is 10.3 Å². The van der Waals surface area contributed by atoms with Gasteiger partial charge in [-0.25, -0.2) is 4.98 Å². The number of carboxylic acids is 1. The summed E-state index contributed by atoms with van der Waals surface area (Å²) in [5.41, 5.74) is 0.217. The van der Waals surface area contributed by atoms with Crippen LogP contribution in [0.4, 0.5) is 0 Å². The lowest BCUT2D eigenvalue weighted by Gasteiger charge is -2.04. The molecule has 0 bridgehead atoms. The van der Waals surface area contributed by atoms with Gasteiger partial charge in [0.25, 0.3) is 5.56 Å². The molecule has 2 heterocycles. The van der Waals surface area contributed by atoms with Crippen LogP contribution in [0.1, 0.15) is 10.7 Å². The molecule has 130 valence electrons. The summed E-state index contributed by atoms with van der Waals surface area (Å²) >= 11 is 8.45. The molecule has 0 aliphatic rings. The molecule has 0 unspecified atom stereocenters. The Morgan fingerprint density at radius 2 is 2.20 bits per heavy atom. The summed E-state index contributed by atoms with van der Waals surface area (Å²) in [7, 11) is 0. The molecule has 1 aromatic carbocycles. The van der Waals surface area contributed by atoms with E-state index in [0.717, 1.165) is 0 Å². The van der Waals surface area contributed by atoms with Gasteiger partial charge in [0, 0.05) is 11.8 Å². The van der Waals surface area contributed by atoms with Crippen molar-refractivity contribution in [2.24, 2.45) is 0 Å². The van der Waals surface area contributed by atoms with Gasteiger partial charge in [-0.1, -0.05) is 35.1 Å². The van der Waals surface area contributed by atoms with Crippen molar-refractivity contribution in [1.29, 1.82) is 0 Å². The Labute approximate surface area is 155 Å². The van der Waals surface area contributed by atoms with Gasteiger partial charge in [0.05, 0.1) is 16.5 Å². The molecule has 10 heteroatoms. The molecular weight excluding hydrogens is 386 g/mol. The lowest BCUT2D eigenvalue weighted by molar-refractivity contribution is -0.133. The number of hydrogen-bond acceptors (Lipinski definition) is 7. The summed E-state index contributed by atoms with van der Waals surface area (Å²) in [4.78, 5) is 27.5. The van der Waals surface area contributed by atoms with E-state index in [-0.39, 0.29) is 17.9 Å². The van der Waals surface area contributed by atoms with E-state index in [1.165, 1.54) is 33.7 Å². The number of rotatable bonds is 7. The van der Waals surface area contributed by atoms with Gasteiger partial charge in [0.1, 0.15) is 12.4 Å². The van der Waals surface area contributed by atoms with E-state index < -0.39 is 5.97 Å². The van der Waals surface area contributed by atoms with Crippen LogP contribution in [0.2, 0.25) is 5.02 Å². The van der Waals surface area contributed by atoms with Crippen molar-refractivity contribution in [3.63, 3.8) is 0 Å². The van der Waals surface area contributed by atoms with Crippen LogP contribution >= 0.6 is 34.7 Å². The lowest BCUT2D eigenvalue weighted by atomic mass is 10.3. The third-order valence-electron chi connectivity index (χ3n) is 3.00. The third kappa shape index (κ3) is 4.50. The van der Waals surface area contributed by atoms with Crippen molar-refractivity contribution in [2.45, 2.75) is 12.4 Å². The lowest BCUT2D eigenvalue weighted by Crippen LogP contribution is -2.15. The number of carboxylic acid groups (broad SMARTS) is 1. The number of halogens is 1. The average Bonchev–Trinajstić information content (AvgIpc) is 2.97. The van der Waals surface area contributed by atoms with Crippen molar-refractivity contribution in [2.75, 3.05) is 5.75 Å². The van der Waals surface area contributed by atoms with E-state index in [4.69, 9.17) is 21.4 Å². The fourth-order valence-electron chi connectivity index (χ4n) is 1.97. The van der Waals surface area contributed by atoms with Gasteiger partial charge in [-0.2, -0.15) is 9.61 Å². The molecule has 7 nitrogen and oxygen atoms in total. The standard InChI is InChI=1S/C15H12ClN3O4S2/c16-10-3-1-2-4-11(10)23-6-12-18-19-13(20)5-9(17-15(19)25-12)7-24-8-14(21)22/h1-5H,6-8H2,(H,21,22). The topological polar surface area (TPSA) is 93.8 Å². The Kier molecular flexibility index (Phi) is 5.57. The van der Waals surface area contributed by atoms with Gasteiger partial charge in [-0.3, -0.25) is 9.59 Å². The van der Waals surface area contributed by atoms with Crippen LogP contribution in [0.25, 0.3) is 4.96 Å². The molecule has 0 atom stereocenters. The minimum absolute atomic E-state index is 0.0410. The van der Waals surface area contributed by atoms with E-state index in [0.29, 0.717) is 32.2 Å². The zero-order valence-corrected chi connectivity index (χ0v) is 15.1. The molecule has 0 radical (unpaired) electrons. The molecule has 0 spiro atoms. The highest BCUT2D eigenvalue weighted by molar-refractivity contribution is 7.99. The summed E-state index contributed by atoms with van der Waals surface area (Å²) in [5.74, 6) is -0.0590. The minimum Gasteiger partial charge on any atom is -0.485 e. The number of para-hydroxylation sites is 1. The highest BCUT2D eigenvalue weighted by atomic mass is 35.5. The van der Waals surface area contributed by atoms with E-state index in [2.05, 4.69) is 10.1 Å². The second-order valence-electron chi connectivity index (χ2n) is 4.88. The molecule has 0 saturated carbocycles. The molecule has 3 aromatic rings. The van der Waals surface area contributed by atoms with E-state index >= 15 is 0 Å². The highest BCUT2D eigenvalue weighted by Crippen LogP contribution is 2.24. The van der Waals surface area contributed by atoms with Crippen LogP contribution in [0.3, 0.4) is 0 Å². The largest absolute Gasteiger partial charge is 0.485 e. The third-order valence-corrected chi connectivity index (χ3v) is 5.15. The van der Waals surface area contributed by atoms with Crippen molar-refractivity contribution in [3.8, 4) is 5.75 Å². The molecule has 3 rings (SSSR count). The Hall–Kier alpha value is -2.10. The first-order valence-electron chi connectivity index (χ1n) is 7.08. The molecule has 1 N–H and O–H groups in total. The quantitative estimate of drug-likeness (QED) is 0.655. The smallest absolute Gasteiger partial charge is 0.313 e. The monoisotopic (exact) mass is 397 g/mol. The number of aliphatic carboxylic acids is 1. The molecule has 0 fully saturated rings. The number of ether oxygens (including phenoxy) is 1. The van der Waals surface area contributed by atoms with Crippen molar-refractivity contribution >= 4 is 45.6 Å².